The number of benzene rings is 4. The zero-order valence-electron chi connectivity index (χ0n) is 56.7. The number of aliphatic hydroxyl groups excluding tert-OH is 1. The fourth-order valence-corrected chi connectivity index (χ4v) is 11.1. The largest absolute Gasteiger partial charge is 0.508 e. The second kappa shape index (κ2) is 39.0. The molecule has 552 valence electrons. The van der Waals surface area contributed by atoms with Crippen LogP contribution in [0.15, 0.2) is 103 Å². The highest BCUT2D eigenvalue weighted by molar-refractivity contribution is 6.00. The van der Waals surface area contributed by atoms with Crippen molar-refractivity contribution < 1.29 is 108 Å². The number of aliphatic hydroxyl groups is 1. The number of rotatable bonds is 39. The minimum Gasteiger partial charge on any atom is -0.508 e. The van der Waals surface area contributed by atoms with E-state index >= 15 is 4.79 Å². The van der Waals surface area contributed by atoms with Gasteiger partial charge in [-0.3, -0.25) is 62.3 Å². The molecule has 33 heteroatoms. The zero-order chi connectivity index (χ0) is 75.7. The lowest BCUT2D eigenvalue weighted by Gasteiger charge is -2.31. The fourth-order valence-electron chi connectivity index (χ4n) is 11.1. The van der Waals surface area contributed by atoms with Gasteiger partial charge in [-0.1, -0.05) is 94.4 Å². The van der Waals surface area contributed by atoms with Crippen LogP contribution in [0, 0.1) is 11.8 Å². The summed E-state index contributed by atoms with van der Waals surface area (Å²) in [5.74, 6) is -18.3. The molecule has 102 heavy (non-hydrogen) atoms. The number of carboxylic acids is 4. The molecule has 1 saturated heterocycles. The van der Waals surface area contributed by atoms with E-state index in [0.29, 0.717) is 22.3 Å². The van der Waals surface area contributed by atoms with Gasteiger partial charge >= 0.3 is 23.9 Å². The van der Waals surface area contributed by atoms with Crippen molar-refractivity contribution in [1.82, 2.24) is 52.8 Å². The molecule has 33 nitrogen and oxygen atoms in total. The Labute approximate surface area is 586 Å². The Balaban J connectivity index is 1.40. The third-order valence-corrected chi connectivity index (χ3v) is 16.2. The highest BCUT2D eigenvalue weighted by Crippen LogP contribution is 2.23. The van der Waals surface area contributed by atoms with Crippen LogP contribution in [0.3, 0.4) is 0 Å². The number of phenolic OH excluding ortho intramolecular Hbond substituents is 3. The highest BCUT2D eigenvalue weighted by atomic mass is 16.4. The molecule has 0 bridgehead atoms. The summed E-state index contributed by atoms with van der Waals surface area (Å²) in [7, 11) is 0. The van der Waals surface area contributed by atoms with Gasteiger partial charge in [0, 0.05) is 32.2 Å². The van der Waals surface area contributed by atoms with Crippen molar-refractivity contribution in [2.24, 2.45) is 17.6 Å². The number of nitrogens with two attached hydrogens (primary N) is 1. The number of aromatic hydroxyl groups is 3. The van der Waals surface area contributed by atoms with Crippen LogP contribution >= 0.6 is 0 Å². The number of carboxylic acid groups (broad SMARTS) is 4. The molecule has 5 rings (SSSR count). The number of carbonyl (C=O) groups excluding carboxylic acids is 10. The standard InChI is InChI=1S/C69H89N11O22/c1-35(2)26-45(70)59(91)71-51(34-57(89)90)65(97)79-58(37(5)81)67(99)76-48(29-39-13-19-42(82)20-14-39)62(94)77-52(30-40-15-21-43(83)22-16-40)68(100)80-25-9-12-54(80)66(98)75-50(33-56(87)88)63(95)72-46(27-36(3)4)60(92)73-47(28-38-10-7-6-8-11-38)61(93)74-49(32-55(85)86)64(96)78-53(69(101)102)31-41-17-23-44(84)24-18-41/h6-8,10-11,13-24,35-37,45-54,58,81-84H,9,12,25-34,70H2,1-5H3,(H,71,91)(H,72,95)(H,73,92)(H,74,93)(H,75,98)(H,76,99)(H,77,94)(H,78,96)(H,79,97)(H,85,86)(H,87,88)(H,89,90)(H,101,102)/t37-,45+,46+,47+,48+,49+,50+,51+,52+,53+,54+,58+/m1/s1. The summed E-state index contributed by atoms with van der Waals surface area (Å²) in [6.45, 7) is 7.78. The molecule has 4 aromatic carbocycles. The molecule has 12 atom stereocenters. The van der Waals surface area contributed by atoms with E-state index in [0.717, 1.165) is 11.8 Å². The minimum atomic E-state index is -1.97. The molecule has 1 aliphatic rings. The molecule has 0 spiro atoms. The first-order chi connectivity index (χ1) is 48.1. The van der Waals surface area contributed by atoms with Crippen LogP contribution in [0.5, 0.6) is 17.2 Å². The number of nitrogens with zero attached hydrogens (tertiary/aromatic N) is 1. The van der Waals surface area contributed by atoms with E-state index in [1.54, 1.807) is 58.0 Å². The van der Waals surface area contributed by atoms with Crippen molar-refractivity contribution in [3.05, 3.63) is 125 Å². The van der Waals surface area contributed by atoms with Crippen LogP contribution in [0.4, 0.5) is 0 Å². The first kappa shape index (κ1) is 81.5. The number of carbonyl (C=O) groups is 14. The maximum Gasteiger partial charge on any atom is 0.326 e. The third kappa shape index (κ3) is 26.5. The van der Waals surface area contributed by atoms with Crippen molar-refractivity contribution in [1.29, 1.82) is 0 Å². The molecular weight excluding hydrogens is 1330 g/mol. The lowest BCUT2D eigenvalue weighted by Crippen LogP contribution is -2.62. The Kier molecular flexibility index (Phi) is 31.1. The summed E-state index contributed by atoms with van der Waals surface area (Å²) >= 11 is 0. The summed E-state index contributed by atoms with van der Waals surface area (Å²) in [6.07, 6.45) is -6.28. The van der Waals surface area contributed by atoms with Gasteiger partial charge in [-0.25, -0.2) is 4.79 Å². The Bertz CT molecular complexity index is 3620. The van der Waals surface area contributed by atoms with Crippen LogP contribution in [-0.2, 0) is 92.8 Å². The Hall–Kier alpha value is -11.2. The zero-order valence-corrected chi connectivity index (χ0v) is 56.7. The lowest BCUT2D eigenvalue weighted by atomic mass is 10.00. The van der Waals surface area contributed by atoms with E-state index in [1.165, 1.54) is 72.8 Å². The molecular formula is C69H89N11O22. The molecule has 4 aromatic rings. The van der Waals surface area contributed by atoms with Crippen molar-refractivity contribution >= 4 is 82.9 Å². The molecule has 1 fully saturated rings. The number of amides is 10. The van der Waals surface area contributed by atoms with Crippen LogP contribution in [0.1, 0.15) is 102 Å². The Morgan fingerprint density at radius 3 is 1.19 bits per heavy atom. The maximum atomic E-state index is 15.1. The highest BCUT2D eigenvalue weighted by Gasteiger charge is 2.42. The second-order valence-corrected chi connectivity index (χ2v) is 25.7. The van der Waals surface area contributed by atoms with Gasteiger partial charge in [-0.2, -0.15) is 0 Å². The van der Waals surface area contributed by atoms with Gasteiger partial charge in [0.15, 0.2) is 0 Å². The van der Waals surface area contributed by atoms with Gasteiger partial charge in [0.1, 0.15) is 77.7 Å². The van der Waals surface area contributed by atoms with Gasteiger partial charge in [0.05, 0.1) is 31.4 Å². The average molecular weight is 1420 g/mol. The molecule has 0 unspecified atom stereocenters. The molecule has 1 aliphatic heterocycles. The van der Waals surface area contributed by atoms with Crippen molar-refractivity contribution in [2.45, 2.75) is 178 Å². The van der Waals surface area contributed by atoms with E-state index in [9.17, 15) is 103 Å². The molecule has 0 radical (unpaired) electrons. The smallest absolute Gasteiger partial charge is 0.326 e. The Morgan fingerprint density at radius 2 is 0.755 bits per heavy atom. The van der Waals surface area contributed by atoms with E-state index in [4.69, 9.17) is 5.73 Å². The first-order valence-corrected chi connectivity index (χ1v) is 32.8. The minimum absolute atomic E-state index is 0.0754. The lowest BCUT2D eigenvalue weighted by molar-refractivity contribution is -0.144. The first-order valence-electron chi connectivity index (χ1n) is 32.8. The summed E-state index contributed by atoms with van der Waals surface area (Å²) < 4.78 is 0. The fraction of sp³-hybridized carbons (Fsp3) is 0.449. The molecule has 10 amide bonds. The molecule has 19 N–H and O–H groups in total. The van der Waals surface area contributed by atoms with Crippen molar-refractivity contribution in [3.63, 3.8) is 0 Å². The van der Waals surface area contributed by atoms with Crippen molar-refractivity contribution in [3.8, 4) is 17.2 Å². The summed E-state index contributed by atoms with van der Waals surface area (Å²) in [6, 6.07) is 5.56. The van der Waals surface area contributed by atoms with Crippen LogP contribution in [0.25, 0.3) is 0 Å². The van der Waals surface area contributed by atoms with Crippen LogP contribution < -0.4 is 53.6 Å². The molecule has 1 heterocycles. The number of aliphatic carboxylic acids is 4. The number of hydrogen-bond donors (Lipinski definition) is 18. The van der Waals surface area contributed by atoms with Gasteiger partial charge in [-0.05, 0) is 103 Å². The van der Waals surface area contributed by atoms with E-state index in [1.807, 2.05) is 0 Å². The SMILES string of the molecule is CC(C)C[C@H](NC(=O)[C@H](CC(=O)O)NC(=O)[C@@H]1CCCN1C(=O)[C@H](Cc1ccc(O)cc1)NC(=O)[C@H](Cc1ccc(O)cc1)NC(=O)[C@@H](NC(=O)[C@H](CC(=O)O)NC(=O)[C@@H](N)CC(C)C)[C@@H](C)O)C(=O)N[C@@H](Cc1ccccc1)C(=O)N[C@@H](CC(=O)O)C(=O)N[C@@H](Cc1ccc(O)cc1)C(=O)O. The predicted octanol–water partition coefficient (Wildman–Crippen LogP) is -1.26. The topological polar surface area (TPSA) is 538 Å². The van der Waals surface area contributed by atoms with Gasteiger partial charge in [0.25, 0.3) is 0 Å². The van der Waals surface area contributed by atoms with Crippen LogP contribution in [-0.4, -0.2) is 208 Å². The maximum absolute atomic E-state index is 15.1. The molecule has 0 saturated carbocycles. The quantitative estimate of drug-likeness (QED) is 0.0248. The van der Waals surface area contributed by atoms with E-state index in [-0.39, 0.29) is 74.7 Å². The average Bonchev–Trinajstić information content (AvgIpc) is 1.51. The summed E-state index contributed by atoms with van der Waals surface area (Å²) in [5, 5.41) is 102. The Morgan fingerprint density at radius 1 is 0.412 bits per heavy atom. The number of hydrogen-bond acceptors (Lipinski definition) is 19. The number of nitrogens with one attached hydrogen (secondary N) is 9. The van der Waals surface area contributed by atoms with E-state index < -0.39 is 187 Å². The summed E-state index contributed by atoms with van der Waals surface area (Å²) in [4.78, 5) is 192. The van der Waals surface area contributed by atoms with E-state index in [2.05, 4.69) is 47.9 Å². The molecule has 0 aromatic heterocycles. The van der Waals surface area contributed by atoms with Gasteiger partial charge < -0.3 is 99.3 Å². The normalized spacial score (nSPS) is 15.9. The van der Waals surface area contributed by atoms with Gasteiger partial charge in [0.2, 0.25) is 59.1 Å². The molecule has 0 aliphatic carbocycles. The predicted molar refractivity (Wildman–Crippen MR) is 361 cm³/mol. The third-order valence-electron chi connectivity index (χ3n) is 16.2. The number of phenols is 3. The van der Waals surface area contributed by atoms with Gasteiger partial charge in [-0.15, -0.1) is 0 Å². The number of likely N-dealkylation sites (tertiary alicyclic amines) is 1. The monoisotopic (exact) mass is 1420 g/mol. The second-order valence-electron chi connectivity index (χ2n) is 25.7. The summed E-state index contributed by atoms with van der Waals surface area (Å²) in [5.41, 5.74) is 7.42. The van der Waals surface area contributed by atoms with Crippen LogP contribution in [0.2, 0.25) is 0 Å². The van der Waals surface area contributed by atoms with Crippen molar-refractivity contribution in [2.75, 3.05) is 6.54 Å².